The van der Waals surface area contributed by atoms with Crippen LogP contribution in [0.25, 0.3) is 0 Å². The van der Waals surface area contributed by atoms with Crippen LogP contribution in [0.4, 0.5) is 10.5 Å². The molecule has 7 heteroatoms. The average Bonchev–Trinajstić information content (AvgIpc) is 3.37. The van der Waals surface area contributed by atoms with Crippen molar-refractivity contribution in [1.82, 2.24) is 10.2 Å². The summed E-state index contributed by atoms with van der Waals surface area (Å²) in [4.78, 5) is 38.6. The van der Waals surface area contributed by atoms with Gasteiger partial charge in [0.05, 0.1) is 6.04 Å². The van der Waals surface area contributed by atoms with E-state index in [0.717, 1.165) is 30.5 Å². The molecule has 1 saturated heterocycles. The van der Waals surface area contributed by atoms with Crippen LogP contribution in [0, 0.1) is 5.92 Å². The number of benzene rings is 1. The smallest absolute Gasteiger partial charge is 0.410 e. The van der Waals surface area contributed by atoms with Gasteiger partial charge in [-0.2, -0.15) is 0 Å². The highest BCUT2D eigenvalue weighted by atomic mass is 16.6. The van der Waals surface area contributed by atoms with E-state index >= 15 is 0 Å². The van der Waals surface area contributed by atoms with Gasteiger partial charge >= 0.3 is 6.09 Å². The fourth-order valence-corrected chi connectivity index (χ4v) is 3.42. The van der Waals surface area contributed by atoms with Gasteiger partial charge in [-0.1, -0.05) is 12.1 Å². The summed E-state index contributed by atoms with van der Waals surface area (Å²) >= 11 is 0. The number of amides is 3. The quantitative estimate of drug-likeness (QED) is 0.789. The average molecular weight is 402 g/mol. The third-order valence-corrected chi connectivity index (χ3v) is 5.17. The molecule has 2 fully saturated rings. The van der Waals surface area contributed by atoms with E-state index in [1.807, 2.05) is 52.0 Å². The minimum Gasteiger partial charge on any atom is -0.444 e. The van der Waals surface area contributed by atoms with Crippen molar-refractivity contribution in [1.29, 1.82) is 0 Å². The van der Waals surface area contributed by atoms with E-state index in [0.29, 0.717) is 13.0 Å². The second-order valence-corrected chi connectivity index (χ2v) is 8.95. The molecule has 0 spiro atoms. The number of hydrogen-bond acceptors (Lipinski definition) is 4. The van der Waals surface area contributed by atoms with E-state index in [-0.39, 0.29) is 23.8 Å². The highest BCUT2D eigenvalue weighted by molar-refractivity contribution is 5.94. The molecule has 29 heavy (non-hydrogen) atoms. The predicted molar refractivity (Wildman–Crippen MR) is 110 cm³/mol. The van der Waals surface area contributed by atoms with Crippen LogP contribution >= 0.6 is 0 Å². The van der Waals surface area contributed by atoms with Crippen LogP contribution in [0.2, 0.25) is 0 Å². The fourth-order valence-electron chi connectivity index (χ4n) is 3.42. The molecule has 0 radical (unpaired) electrons. The molecule has 1 heterocycles. The maximum absolute atomic E-state index is 12.8. The summed E-state index contributed by atoms with van der Waals surface area (Å²) in [7, 11) is 0. The molecule has 0 bridgehead atoms. The molecule has 2 atom stereocenters. The molecule has 1 saturated carbocycles. The van der Waals surface area contributed by atoms with Gasteiger partial charge < -0.3 is 15.4 Å². The van der Waals surface area contributed by atoms with Crippen LogP contribution in [0.1, 0.15) is 65.0 Å². The fraction of sp³-hybridized carbons (Fsp3) is 0.591. The Balaban J connectivity index is 1.56. The van der Waals surface area contributed by atoms with Crippen molar-refractivity contribution in [3.63, 3.8) is 0 Å². The number of anilines is 1. The number of ether oxygens (including phenoxy) is 1. The van der Waals surface area contributed by atoms with Crippen LogP contribution in [0.5, 0.6) is 0 Å². The first-order valence-corrected chi connectivity index (χ1v) is 10.3. The summed E-state index contributed by atoms with van der Waals surface area (Å²) in [6, 6.07) is 6.77. The molecule has 1 aliphatic carbocycles. The highest BCUT2D eigenvalue weighted by Crippen LogP contribution is 2.30. The molecule has 3 amide bonds. The number of hydrogen-bond donors (Lipinski definition) is 2. The van der Waals surface area contributed by atoms with Gasteiger partial charge in [0, 0.05) is 18.2 Å². The summed E-state index contributed by atoms with van der Waals surface area (Å²) < 4.78 is 5.43. The van der Waals surface area contributed by atoms with E-state index in [1.54, 1.807) is 0 Å². The van der Waals surface area contributed by atoms with Gasteiger partial charge in [-0.05, 0) is 71.1 Å². The van der Waals surface area contributed by atoms with Gasteiger partial charge in [-0.3, -0.25) is 14.5 Å². The van der Waals surface area contributed by atoms with Crippen LogP contribution in [0.15, 0.2) is 24.3 Å². The zero-order chi connectivity index (χ0) is 21.2. The van der Waals surface area contributed by atoms with Gasteiger partial charge in [-0.25, -0.2) is 4.79 Å². The molecule has 7 nitrogen and oxygen atoms in total. The van der Waals surface area contributed by atoms with Crippen molar-refractivity contribution in [2.45, 2.75) is 71.1 Å². The SMILES string of the molecule is C[C@@H](NC(=O)[C@@H]1CCCN1C(=O)OC(C)(C)C)c1ccc(NC(=O)C2CC2)cc1. The van der Waals surface area contributed by atoms with Gasteiger partial charge in [0.15, 0.2) is 0 Å². The molecule has 2 N–H and O–H groups in total. The number of rotatable bonds is 5. The Morgan fingerprint density at radius 2 is 1.72 bits per heavy atom. The normalized spacial score (nSPS) is 20.1. The van der Waals surface area contributed by atoms with Crippen molar-refractivity contribution < 1.29 is 19.1 Å². The van der Waals surface area contributed by atoms with E-state index in [9.17, 15) is 14.4 Å². The predicted octanol–water partition coefficient (Wildman–Crippen LogP) is 3.61. The largest absolute Gasteiger partial charge is 0.444 e. The molecule has 1 aliphatic heterocycles. The van der Waals surface area contributed by atoms with Crippen LogP contribution in [-0.4, -0.2) is 41.0 Å². The molecule has 2 aliphatic rings. The summed E-state index contributed by atoms with van der Waals surface area (Å²) in [6.45, 7) is 7.87. The second kappa shape index (κ2) is 8.43. The van der Waals surface area contributed by atoms with Crippen molar-refractivity contribution in [3.05, 3.63) is 29.8 Å². The Labute approximate surface area is 172 Å². The summed E-state index contributed by atoms with van der Waals surface area (Å²) in [5.74, 6) is 0.0572. The zero-order valence-electron chi connectivity index (χ0n) is 17.7. The number of carbonyl (C=O) groups excluding carboxylic acids is 3. The standard InChI is InChI=1S/C22H31N3O4/c1-14(15-9-11-17(12-10-15)24-19(26)16-7-8-16)23-20(27)18-6-5-13-25(18)21(28)29-22(2,3)4/h9-12,14,16,18H,5-8,13H2,1-4H3,(H,23,27)(H,24,26)/t14-,18+/m1/s1. The molecule has 1 aromatic rings. The lowest BCUT2D eigenvalue weighted by Crippen LogP contribution is -2.48. The first-order chi connectivity index (χ1) is 13.6. The van der Waals surface area contributed by atoms with Gasteiger partial charge in [-0.15, -0.1) is 0 Å². The summed E-state index contributed by atoms with van der Waals surface area (Å²) in [6.07, 6.45) is 2.90. The molecule has 1 aromatic carbocycles. The third kappa shape index (κ3) is 5.71. The summed E-state index contributed by atoms with van der Waals surface area (Å²) in [5.41, 5.74) is 1.10. The van der Waals surface area contributed by atoms with Crippen molar-refractivity contribution in [3.8, 4) is 0 Å². The maximum Gasteiger partial charge on any atom is 0.410 e. The number of carbonyl (C=O) groups is 3. The van der Waals surface area contributed by atoms with Gasteiger partial charge in [0.1, 0.15) is 11.6 Å². The van der Waals surface area contributed by atoms with Crippen LogP contribution in [-0.2, 0) is 14.3 Å². The molecule has 3 rings (SSSR count). The van der Waals surface area contributed by atoms with E-state index in [1.165, 1.54) is 4.90 Å². The van der Waals surface area contributed by atoms with Crippen LogP contribution in [0.3, 0.4) is 0 Å². The topological polar surface area (TPSA) is 87.7 Å². The minimum atomic E-state index is -0.593. The summed E-state index contributed by atoms with van der Waals surface area (Å²) in [5, 5.41) is 5.91. The number of nitrogens with zero attached hydrogens (tertiary/aromatic N) is 1. The Kier molecular flexibility index (Phi) is 6.15. The Bertz CT molecular complexity index is 765. The van der Waals surface area contributed by atoms with Crippen molar-refractivity contribution >= 4 is 23.6 Å². The number of likely N-dealkylation sites (tertiary alicyclic amines) is 1. The van der Waals surface area contributed by atoms with Crippen LogP contribution < -0.4 is 10.6 Å². The molecule has 158 valence electrons. The Morgan fingerprint density at radius 1 is 1.07 bits per heavy atom. The zero-order valence-corrected chi connectivity index (χ0v) is 17.7. The minimum absolute atomic E-state index is 0.0718. The third-order valence-electron chi connectivity index (χ3n) is 5.17. The van der Waals surface area contributed by atoms with Gasteiger partial charge in [0.25, 0.3) is 0 Å². The van der Waals surface area contributed by atoms with E-state index in [4.69, 9.17) is 4.74 Å². The first-order valence-electron chi connectivity index (χ1n) is 10.3. The molecule has 0 unspecified atom stereocenters. The Hall–Kier alpha value is -2.57. The van der Waals surface area contributed by atoms with Crippen molar-refractivity contribution in [2.75, 3.05) is 11.9 Å². The number of nitrogens with one attached hydrogen (secondary N) is 2. The molecular formula is C22H31N3O4. The molecular weight excluding hydrogens is 370 g/mol. The highest BCUT2D eigenvalue weighted by Gasteiger charge is 2.37. The van der Waals surface area contributed by atoms with E-state index in [2.05, 4.69) is 10.6 Å². The lowest BCUT2D eigenvalue weighted by molar-refractivity contribution is -0.126. The van der Waals surface area contributed by atoms with Crippen molar-refractivity contribution in [2.24, 2.45) is 5.92 Å². The maximum atomic E-state index is 12.8. The Morgan fingerprint density at radius 3 is 2.31 bits per heavy atom. The molecule has 0 aromatic heterocycles. The monoisotopic (exact) mass is 401 g/mol. The van der Waals surface area contributed by atoms with Gasteiger partial charge in [0.2, 0.25) is 11.8 Å². The lowest BCUT2D eigenvalue weighted by atomic mass is 10.1. The first kappa shape index (κ1) is 21.1. The second-order valence-electron chi connectivity index (χ2n) is 8.95. The lowest BCUT2D eigenvalue weighted by Gasteiger charge is -2.28. The van der Waals surface area contributed by atoms with E-state index < -0.39 is 17.7 Å².